The average Bonchev–Trinajstić information content (AvgIpc) is 2.65. The van der Waals surface area contributed by atoms with Crippen LogP contribution in [0.2, 0.25) is 0 Å². The number of halogens is 5. The smallest absolute Gasteiger partial charge is 0.258 e. The molecule has 0 spiro atoms. The van der Waals surface area contributed by atoms with E-state index in [0.29, 0.717) is 18.2 Å². The summed E-state index contributed by atoms with van der Waals surface area (Å²) in [6.07, 6.45) is 0.175. The normalized spacial score (nSPS) is 16.9. The van der Waals surface area contributed by atoms with Crippen molar-refractivity contribution in [2.75, 3.05) is 18.4 Å². The summed E-state index contributed by atoms with van der Waals surface area (Å²) in [5.41, 5.74) is -2.56. The molecule has 3 rings (SSSR count). The first kappa shape index (κ1) is 23.1. The molecule has 31 heavy (non-hydrogen) atoms. The third-order valence-corrected chi connectivity index (χ3v) is 6.84. The van der Waals surface area contributed by atoms with Gasteiger partial charge in [-0.2, -0.15) is 4.31 Å². The molecule has 1 amide bonds. The van der Waals surface area contributed by atoms with Crippen LogP contribution in [0.3, 0.4) is 0 Å². The van der Waals surface area contributed by atoms with Crippen molar-refractivity contribution in [2.24, 2.45) is 0 Å². The zero-order valence-electron chi connectivity index (χ0n) is 16.1. The molecular formula is C19H17F5N2O4S. The highest BCUT2D eigenvalue weighted by Gasteiger charge is 2.36. The predicted molar refractivity (Wildman–Crippen MR) is 99.2 cm³/mol. The molecule has 0 aromatic heterocycles. The summed E-state index contributed by atoms with van der Waals surface area (Å²) in [5, 5.41) is 11.9. The van der Waals surface area contributed by atoms with Gasteiger partial charge in [0, 0.05) is 37.0 Å². The number of sulfonamides is 1. The van der Waals surface area contributed by atoms with Crippen LogP contribution in [-0.4, -0.2) is 42.4 Å². The number of aliphatic hydroxyl groups is 1. The highest BCUT2D eigenvalue weighted by Crippen LogP contribution is 2.29. The molecule has 1 heterocycles. The van der Waals surface area contributed by atoms with Crippen molar-refractivity contribution in [3.63, 3.8) is 0 Å². The zero-order chi connectivity index (χ0) is 23.1. The first-order valence-corrected chi connectivity index (χ1v) is 10.4. The third-order valence-electron chi connectivity index (χ3n) is 4.93. The minimum Gasteiger partial charge on any atom is -0.390 e. The van der Waals surface area contributed by atoms with Crippen molar-refractivity contribution in [3.05, 3.63) is 58.9 Å². The maximum Gasteiger partial charge on any atom is 0.258 e. The highest BCUT2D eigenvalue weighted by atomic mass is 32.2. The lowest BCUT2D eigenvalue weighted by Gasteiger charge is -2.35. The van der Waals surface area contributed by atoms with E-state index in [2.05, 4.69) is 0 Å². The number of piperidine rings is 1. The Bertz CT molecular complexity index is 1120. The molecule has 168 valence electrons. The number of carbonyl (C=O) groups is 1. The van der Waals surface area contributed by atoms with Gasteiger partial charge in [-0.1, -0.05) is 0 Å². The van der Waals surface area contributed by atoms with E-state index in [9.17, 15) is 40.3 Å². The molecule has 1 saturated heterocycles. The summed E-state index contributed by atoms with van der Waals surface area (Å²) in [5.74, 6) is -9.19. The largest absolute Gasteiger partial charge is 0.390 e. The Balaban J connectivity index is 1.93. The van der Waals surface area contributed by atoms with Crippen LogP contribution >= 0.6 is 0 Å². The van der Waals surface area contributed by atoms with Gasteiger partial charge < -0.3 is 10.4 Å². The third kappa shape index (κ3) is 4.70. The Kier molecular flexibility index (Phi) is 6.09. The quantitative estimate of drug-likeness (QED) is 0.538. The number of nitrogens with one attached hydrogen (secondary N) is 1. The first-order valence-electron chi connectivity index (χ1n) is 8.99. The second-order valence-electron chi connectivity index (χ2n) is 7.37. The van der Waals surface area contributed by atoms with Crippen LogP contribution in [0.25, 0.3) is 0 Å². The van der Waals surface area contributed by atoms with Gasteiger partial charge in [0.05, 0.1) is 11.2 Å². The molecule has 12 heteroatoms. The second kappa shape index (κ2) is 8.17. The van der Waals surface area contributed by atoms with Crippen molar-refractivity contribution < 1.29 is 40.3 Å². The molecule has 1 aliphatic heterocycles. The van der Waals surface area contributed by atoms with Crippen LogP contribution in [0.1, 0.15) is 30.1 Å². The lowest BCUT2D eigenvalue weighted by Crippen LogP contribution is -2.45. The maximum atomic E-state index is 14.3. The summed E-state index contributed by atoms with van der Waals surface area (Å²) in [7, 11) is -4.48. The molecule has 0 aliphatic carbocycles. The van der Waals surface area contributed by atoms with Gasteiger partial charge in [0.25, 0.3) is 5.91 Å². The molecule has 2 N–H and O–H groups in total. The molecule has 0 unspecified atom stereocenters. The van der Waals surface area contributed by atoms with E-state index < -0.39 is 66.8 Å². The standard InChI is InChI=1S/C19H17F5N2O4S/c1-19(28)2-4-26(5-3-19)31(29,30)16-8-11(12(20)9-13(16)21)18(27)25-10-6-14(22)17(24)15(23)7-10/h6-9,28H,2-5H2,1H3,(H,25,27). The number of hydrogen-bond donors (Lipinski definition) is 2. The average molecular weight is 464 g/mol. The Morgan fingerprint density at radius 2 is 1.52 bits per heavy atom. The molecule has 6 nitrogen and oxygen atoms in total. The number of nitrogens with zero attached hydrogens (tertiary/aromatic N) is 1. The molecular weight excluding hydrogens is 447 g/mol. The van der Waals surface area contributed by atoms with E-state index in [4.69, 9.17) is 0 Å². The number of benzene rings is 2. The van der Waals surface area contributed by atoms with E-state index >= 15 is 0 Å². The van der Waals surface area contributed by atoms with Gasteiger partial charge in [-0.3, -0.25) is 4.79 Å². The van der Waals surface area contributed by atoms with E-state index in [-0.39, 0.29) is 32.0 Å². The molecule has 1 aliphatic rings. The lowest BCUT2D eigenvalue weighted by atomic mass is 9.95. The zero-order valence-corrected chi connectivity index (χ0v) is 16.9. The SMILES string of the molecule is CC1(O)CCN(S(=O)(=O)c2cc(C(=O)Nc3cc(F)c(F)c(F)c3)c(F)cc2F)CC1. The van der Waals surface area contributed by atoms with Crippen LogP contribution in [0.15, 0.2) is 29.2 Å². The number of rotatable bonds is 4. The Labute approximate surface area is 174 Å². The van der Waals surface area contributed by atoms with Crippen LogP contribution < -0.4 is 5.32 Å². The lowest BCUT2D eigenvalue weighted by molar-refractivity contribution is 0.0125. The summed E-state index contributed by atoms with van der Waals surface area (Å²) < 4.78 is 94.7. The highest BCUT2D eigenvalue weighted by molar-refractivity contribution is 7.89. The van der Waals surface area contributed by atoms with Crippen LogP contribution in [-0.2, 0) is 10.0 Å². The fourth-order valence-corrected chi connectivity index (χ4v) is 4.59. The number of hydrogen-bond acceptors (Lipinski definition) is 4. The minimum absolute atomic E-state index is 0.0874. The van der Waals surface area contributed by atoms with Gasteiger partial charge in [-0.05, 0) is 25.8 Å². The monoisotopic (exact) mass is 464 g/mol. The predicted octanol–water partition coefficient (Wildman–Crippen LogP) is 3.17. The van der Waals surface area contributed by atoms with Gasteiger partial charge in [-0.25, -0.2) is 30.4 Å². The van der Waals surface area contributed by atoms with Gasteiger partial charge in [0.2, 0.25) is 10.0 Å². The summed E-state index contributed by atoms with van der Waals surface area (Å²) in [6, 6.07) is 1.55. The maximum absolute atomic E-state index is 14.3. The molecule has 0 bridgehead atoms. The van der Waals surface area contributed by atoms with E-state index in [1.54, 1.807) is 0 Å². The number of anilines is 1. The van der Waals surface area contributed by atoms with E-state index in [1.165, 1.54) is 6.92 Å². The van der Waals surface area contributed by atoms with E-state index in [1.807, 2.05) is 5.32 Å². The van der Waals surface area contributed by atoms with Gasteiger partial charge >= 0.3 is 0 Å². The number of amides is 1. The number of carbonyl (C=O) groups excluding carboxylic acids is 1. The fourth-order valence-electron chi connectivity index (χ4n) is 3.07. The Morgan fingerprint density at radius 1 is 0.968 bits per heavy atom. The Hall–Kier alpha value is -2.57. The van der Waals surface area contributed by atoms with Crippen molar-refractivity contribution in [1.82, 2.24) is 4.31 Å². The second-order valence-corrected chi connectivity index (χ2v) is 9.28. The van der Waals surface area contributed by atoms with Crippen molar-refractivity contribution in [3.8, 4) is 0 Å². The van der Waals surface area contributed by atoms with Gasteiger partial charge in [0.15, 0.2) is 17.5 Å². The van der Waals surface area contributed by atoms with Crippen molar-refractivity contribution in [2.45, 2.75) is 30.3 Å². The van der Waals surface area contributed by atoms with Crippen LogP contribution in [0, 0.1) is 29.1 Å². The molecule has 2 aromatic rings. The molecule has 2 aromatic carbocycles. The van der Waals surface area contributed by atoms with Crippen molar-refractivity contribution >= 4 is 21.6 Å². The molecule has 0 radical (unpaired) electrons. The minimum atomic E-state index is -4.48. The van der Waals surface area contributed by atoms with E-state index in [0.717, 1.165) is 4.31 Å². The van der Waals surface area contributed by atoms with Crippen LogP contribution in [0.4, 0.5) is 27.6 Å². The summed E-state index contributed by atoms with van der Waals surface area (Å²) in [6.45, 7) is 1.28. The Morgan fingerprint density at radius 3 is 2.06 bits per heavy atom. The van der Waals surface area contributed by atoms with Gasteiger partial charge in [-0.15, -0.1) is 0 Å². The summed E-state index contributed by atoms with van der Waals surface area (Å²) in [4.78, 5) is 11.4. The molecule has 0 saturated carbocycles. The fraction of sp³-hybridized carbons (Fsp3) is 0.316. The van der Waals surface area contributed by atoms with Crippen molar-refractivity contribution in [1.29, 1.82) is 0 Å². The summed E-state index contributed by atoms with van der Waals surface area (Å²) >= 11 is 0. The van der Waals surface area contributed by atoms with Gasteiger partial charge in [0.1, 0.15) is 16.5 Å². The van der Waals surface area contributed by atoms with Crippen LogP contribution in [0.5, 0.6) is 0 Å². The first-order chi connectivity index (χ1) is 14.3. The topological polar surface area (TPSA) is 86.7 Å². The molecule has 0 atom stereocenters. The molecule has 1 fully saturated rings.